The lowest BCUT2D eigenvalue weighted by Gasteiger charge is -2.21. The van der Waals surface area contributed by atoms with Gasteiger partial charge in [0.05, 0.1) is 12.7 Å². The van der Waals surface area contributed by atoms with E-state index in [1.54, 1.807) is 0 Å². The molecule has 0 radical (unpaired) electrons. The van der Waals surface area contributed by atoms with E-state index in [-0.39, 0.29) is 0 Å². The number of hydrogen-bond acceptors (Lipinski definition) is 4. The van der Waals surface area contributed by atoms with Gasteiger partial charge in [0.25, 0.3) is 0 Å². The minimum Gasteiger partial charge on any atom is -0.377 e. The van der Waals surface area contributed by atoms with Crippen LogP contribution in [0.1, 0.15) is 26.7 Å². The quantitative estimate of drug-likeness (QED) is 0.717. The SMILES string of the molecule is CC(C)OCCN1CCCN(CCCN)CC1. The topological polar surface area (TPSA) is 41.7 Å². The molecule has 0 aromatic heterocycles. The summed E-state index contributed by atoms with van der Waals surface area (Å²) >= 11 is 0. The van der Waals surface area contributed by atoms with Crippen molar-refractivity contribution in [3.05, 3.63) is 0 Å². The monoisotopic (exact) mass is 243 g/mol. The van der Waals surface area contributed by atoms with Crippen LogP contribution in [0, 0.1) is 0 Å². The van der Waals surface area contributed by atoms with Gasteiger partial charge in [0, 0.05) is 19.6 Å². The Kier molecular flexibility index (Phi) is 7.77. The van der Waals surface area contributed by atoms with Crippen molar-refractivity contribution in [3.63, 3.8) is 0 Å². The average molecular weight is 243 g/mol. The van der Waals surface area contributed by atoms with Crippen LogP contribution in [-0.4, -0.2) is 68.3 Å². The summed E-state index contributed by atoms with van der Waals surface area (Å²) in [4.78, 5) is 5.06. The fourth-order valence-corrected chi connectivity index (χ4v) is 2.20. The van der Waals surface area contributed by atoms with Crippen LogP contribution in [0.3, 0.4) is 0 Å². The van der Waals surface area contributed by atoms with Gasteiger partial charge >= 0.3 is 0 Å². The molecule has 1 fully saturated rings. The van der Waals surface area contributed by atoms with Crippen LogP contribution >= 0.6 is 0 Å². The molecule has 17 heavy (non-hydrogen) atoms. The molecule has 0 unspecified atom stereocenters. The molecule has 0 aliphatic carbocycles. The summed E-state index contributed by atoms with van der Waals surface area (Å²) in [5, 5.41) is 0. The number of ether oxygens (including phenoxy) is 1. The molecular formula is C13H29N3O. The molecule has 0 spiro atoms. The summed E-state index contributed by atoms with van der Waals surface area (Å²) in [6.07, 6.45) is 2.74. The maximum absolute atomic E-state index is 5.61. The lowest BCUT2D eigenvalue weighted by Crippen LogP contribution is -2.34. The molecule has 1 saturated heterocycles. The highest BCUT2D eigenvalue weighted by atomic mass is 16.5. The molecule has 1 rings (SSSR count). The third-order valence-electron chi connectivity index (χ3n) is 3.22. The summed E-state index contributed by atoms with van der Waals surface area (Å²) in [6, 6.07) is 0. The van der Waals surface area contributed by atoms with Gasteiger partial charge in [0.15, 0.2) is 0 Å². The van der Waals surface area contributed by atoms with E-state index >= 15 is 0 Å². The van der Waals surface area contributed by atoms with Gasteiger partial charge < -0.3 is 15.4 Å². The highest BCUT2D eigenvalue weighted by molar-refractivity contribution is 4.69. The van der Waals surface area contributed by atoms with Gasteiger partial charge in [-0.05, 0) is 52.9 Å². The summed E-state index contributed by atoms with van der Waals surface area (Å²) < 4.78 is 5.61. The zero-order valence-electron chi connectivity index (χ0n) is 11.5. The third-order valence-corrected chi connectivity index (χ3v) is 3.22. The van der Waals surface area contributed by atoms with E-state index in [1.165, 1.54) is 32.6 Å². The summed E-state index contributed by atoms with van der Waals surface area (Å²) in [7, 11) is 0. The van der Waals surface area contributed by atoms with E-state index in [9.17, 15) is 0 Å². The number of nitrogens with two attached hydrogens (primary N) is 1. The van der Waals surface area contributed by atoms with Crippen molar-refractivity contribution in [2.24, 2.45) is 5.73 Å². The van der Waals surface area contributed by atoms with E-state index in [0.29, 0.717) is 6.10 Å². The largest absolute Gasteiger partial charge is 0.377 e. The van der Waals surface area contributed by atoms with Crippen LogP contribution in [0.15, 0.2) is 0 Å². The predicted molar refractivity (Wildman–Crippen MR) is 72.3 cm³/mol. The number of nitrogens with zero attached hydrogens (tertiary/aromatic N) is 2. The molecule has 0 atom stereocenters. The summed E-state index contributed by atoms with van der Waals surface area (Å²) in [6.45, 7) is 12.9. The zero-order chi connectivity index (χ0) is 12.5. The minimum atomic E-state index is 0.350. The Labute approximate surface area is 106 Å². The van der Waals surface area contributed by atoms with Gasteiger partial charge in [-0.3, -0.25) is 4.90 Å². The van der Waals surface area contributed by atoms with Crippen molar-refractivity contribution in [1.82, 2.24) is 9.80 Å². The van der Waals surface area contributed by atoms with Crippen LogP contribution in [-0.2, 0) is 4.74 Å². The molecule has 0 amide bonds. The van der Waals surface area contributed by atoms with Gasteiger partial charge in [-0.25, -0.2) is 0 Å². The molecular weight excluding hydrogens is 214 g/mol. The Balaban J connectivity index is 2.13. The minimum absolute atomic E-state index is 0.350. The first-order chi connectivity index (χ1) is 8.22. The van der Waals surface area contributed by atoms with Crippen molar-refractivity contribution in [1.29, 1.82) is 0 Å². The molecule has 1 aliphatic rings. The van der Waals surface area contributed by atoms with Gasteiger partial charge in [0.1, 0.15) is 0 Å². The molecule has 0 bridgehead atoms. The lowest BCUT2D eigenvalue weighted by atomic mass is 10.3. The Bertz CT molecular complexity index is 188. The molecule has 1 aliphatic heterocycles. The summed E-state index contributed by atoms with van der Waals surface area (Å²) in [5.41, 5.74) is 5.55. The highest BCUT2D eigenvalue weighted by Gasteiger charge is 2.13. The summed E-state index contributed by atoms with van der Waals surface area (Å²) in [5.74, 6) is 0. The van der Waals surface area contributed by atoms with Crippen molar-refractivity contribution in [2.45, 2.75) is 32.8 Å². The van der Waals surface area contributed by atoms with E-state index in [4.69, 9.17) is 10.5 Å². The molecule has 102 valence electrons. The molecule has 1 heterocycles. The fraction of sp³-hybridized carbons (Fsp3) is 1.00. The highest BCUT2D eigenvalue weighted by Crippen LogP contribution is 2.03. The lowest BCUT2D eigenvalue weighted by molar-refractivity contribution is 0.0597. The first-order valence-corrected chi connectivity index (χ1v) is 6.98. The Hall–Kier alpha value is -0.160. The van der Waals surface area contributed by atoms with E-state index in [1.807, 2.05) is 0 Å². The van der Waals surface area contributed by atoms with E-state index in [2.05, 4.69) is 23.6 Å². The fourth-order valence-electron chi connectivity index (χ4n) is 2.20. The maximum atomic E-state index is 5.61. The number of rotatable bonds is 7. The molecule has 0 saturated carbocycles. The zero-order valence-corrected chi connectivity index (χ0v) is 11.5. The molecule has 4 nitrogen and oxygen atoms in total. The standard InChI is InChI=1S/C13H29N3O/c1-13(2)17-12-11-16-8-4-7-15(9-10-16)6-3-5-14/h13H,3-12,14H2,1-2H3. The predicted octanol–water partition coefficient (Wildman–Crippen LogP) is 0.768. The van der Waals surface area contributed by atoms with Gasteiger partial charge in [-0.2, -0.15) is 0 Å². The molecule has 0 aromatic rings. The van der Waals surface area contributed by atoms with Crippen molar-refractivity contribution >= 4 is 0 Å². The van der Waals surface area contributed by atoms with Crippen LogP contribution < -0.4 is 5.73 Å². The average Bonchev–Trinajstić information content (AvgIpc) is 2.51. The van der Waals surface area contributed by atoms with E-state index < -0.39 is 0 Å². The first kappa shape index (κ1) is 14.9. The van der Waals surface area contributed by atoms with Crippen molar-refractivity contribution < 1.29 is 4.74 Å². The second-order valence-corrected chi connectivity index (χ2v) is 5.10. The second kappa shape index (κ2) is 8.86. The van der Waals surface area contributed by atoms with Crippen LogP contribution in [0.5, 0.6) is 0 Å². The van der Waals surface area contributed by atoms with E-state index in [0.717, 1.165) is 32.7 Å². The molecule has 4 heteroatoms. The van der Waals surface area contributed by atoms with Crippen molar-refractivity contribution in [3.8, 4) is 0 Å². The van der Waals surface area contributed by atoms with Crippen LogP contribution in [0.2, 0.25) is 0 Å². The smallest absolute Gasteiger partial charge is 0.0596 e. The van der Waals surface area contributed by atoms with Gasteiger partial charge in [-0.15, -0.1) is 0 Å². The Morgan fingerprint density at radius 3 is 2.29 bits per heavy atom. The third kappa shape index (κ3) is 6.99. The number of hydrogen-bond donors (Lipinski definition) is 1. The Morgan fingerprint density at radius 1 is 1.06 bits per heavy atom. The van der Waals surface area contributed by atoms with Crippen molar-refractivity contribution in [2.75, 3.05) is 52.4 Å². The second-order valence-electron chi connectivity index (χ2n) is 5.10. The Morgan fingerprint density at radius 2 is 1.71 bits per heavy atom. The molecule has 0 aromatic carbocycles. The van der Waals surface area contributed by atoms with Gasteiger partial charge in [-0.1, -0.05) is 0 Å². The van der Waals surface area contributed by atoms with Crippen LogP contribution in [0.4, 0.5) is 0 Å². The van der Waals surface area contributed by atoms with Crippen LogP contribution in [0.25, 0.3) is 0 Å². The van der Waals surface area contributed by atoms with Gasteiger partial charge in [0.2, 0.25) is 0 Å². The first-order valence-electron chi connectivity index (χ1n) is 6.98. The molecule has 2 N–H and O–H groups in total. The maximum Gasteiger partial charge on any atom is 0.0596 e. The normalized spacial score (nSPS) is 19.8.